The Bertz CT molecular complexity index is 647. The van der Waals surface area contributed by atoms with Gasteiger partial charge < -0.3 is 5.11 Å². The van der Waals surface area contributed by atoms with Gasteiger partial charge in [0.25, 0.3) is 0 Å². The van der Waals surface area contributed by atoms with Crippen LogP contribution in [0.1, 0.15) is 34.2 Å². The fraction of sp³-hybridized carbons (Fsp3) is 0.267. The summed E-state index contributed by atoms with van der Waals surface area (Å²) in [5.74, 6) is -1.40. The monoisotopic (exact) mass is 299 g/mol. The molecule has 0 saturated carbocycles. The first kappa shape index (κ1) is 15.4. The maximum absolute atomic E-state index is 13.5. The van der Waals surface area contributed by atoms with Gasteiger partial charge in [0, 0.05) is 11.4 Å². The van der Waals surface area contributed by atoms with Crippen molar-refractivity contribution in [2.75, 3.05) is 0 Å². The van der Waals surface area contributed by atoms with E-state index in [1.807, 2.05) is 0 Å². The van der Waals surface area contributed by atoms with Gasteiger partial charge >= 0.3 is 6.18 Å². The Balaban J connectivity index is 2.40. The zero-order chi connectivity index (χ0) is 15.8. The number of aliphatic hydroxyl groups is 1. The molecule has 0 aliphatic heterocycles. The molecule has 0 spiro atoms. The van der Waals surface area contributed by atoms with Crippen LogP contribution in [0.4, 0.5) is 17.6 Å². The van der Waals surface area contributed by atoms with Gasteiger partial charge in [0.05, 0.1) is 5.56 Å². The molecular formula is C15H13F4NO. The molecule has 0 aliphatic rings. The van der Waals surface area contributed by atoms with Gasteiger partial charge in [-0.2, -0.15) is 13.2 Å². The standard InChI is InChI=1S/C15H13F4NO/c1-8-5-11(6-9(2)20-8)14(21)10-3-4-12(13(16)7-10)15(17,18)19/h3-7,14,21H,1-2H3. The predicted octanol–water partition coefficient (Wildman–Crippen LogP) is 3.94. The molecule has 0 amide bonds. The highest BCUT2D eigenvalue weighted by Gasteiger charge is 2.34. The molecule has 2 nitrogen and oxygen atoms in total. The van der Waals surface area contributed by atoms with E-state index in [0.29, 0.717) is 29.1 Å². The van der Waals surface area contributed by atoms with Crippen LogP contribution in [0.15, 0.2) is 30.3 Å². The number of aliphatic hydroxyl groups excluding tert-OH is 1. The van der Waals surface area contributed by atoms with Gasteiger partial charge in [0.15, 0.2) is 0 Å². The predicted molar refractivity (Wildman–Crippen MR) is 69.2 cm³/mol. The van der Waals surface area contributed by atoms with E-state index in [9.17, 15) is 22.7 Å². The van der Waals surface area contributed by atoms with Crippen molar-refractivity contribution in [3.8, 4) is 0 Å². The van der Waals surface area contributed by atoms with Crippen LogP contribution in [-0.2, 0) is 6.18 Å². The molecule has 2 aromatic rings. The summed E-state index contributed by atoms with van der Waals surface area (Å²) >= 11 is 0. The van der Waals surface area contributed by atoms with Crippen LogP contribution in [0.25, 0.3) is 0 Å². The van der Waals surface area contributed by atoms with Crippen molar-refractivity contribution in [1.82, 2.24) is 4.98 Å². The minimum atomic E-state index is -4.75. The molecule has 0 radical (unpaired) electrons. The van der Waals surface area contributed by atoms with Crippen LogP contribution < -0.4 is 0 Å². The number of hydrogen-bond donors (Lipinski definition) is 1. The van der Waals surface area contributed by atoms with Gasteiger partial charge in [-0.05, 0) is 49.2 Å². The van der Waals surface area contributed by atoms with Gasteiger partial charge in [-0.15, -0.1) is 0 Å². The largest absolute Gasteiger partial charge is 0.419 e. The lowest BCUT2D eigenvalue weighted by Crippen LogP contribution is -2.10. The van der Waals surface area contributed by atoms with Crippen molar-refractivity contribution in [3.05, 3.63) is 64.2 Å². The van der Waals surface area contributed by atoms with Crippen molar-refractivity contribution in [1.29, 1.82) is 0 Å². The number of benzene rings is 1. The van der Waals surface area contributed by atoms with Crippen molar-refractivity contribution in [3.63, 3.8) is 0 Å². The van der Waals surface area contributed by atoms with E-state index in [0.717, 1.165) is 6.07 Å². The molecule has 1 atom stereocenters. The first-order valence-corrected chi connectivity index (χ1v) is 6.18. The molecule has 1 heterocycles. The molecule has 0 bridgehead atoms. The maximum Gasteiger partial charge on any atom is 0.419 e. The minimum absolute atomic E-state index is 0.0606. The lowest BCUT2D eigenvalue weighted by Gasteiger charge is -2.15. The van der Waals surface area contributed by atoms with Crippen molar-refractivity contribution in [2.45, 2.75) is 26.1 Å². The first-order valence-electron chi connectivity index (χ1n) is 6.18. The van der Waals surface area contributed by atoms with Crippen LogP contribution in [-0.4, -0.2) is 10.1 Å². The molecule has 21 heavy (non-hydrogen) atoms. The second-order valence-corrected chi connectivity index (χ2v) is 4.82. The summed E-state index contributed by atoms with van der Waals surface area (Å²) < 4.78 is 51.0. The van der Waals surface area contributed by atoms with Crippen LogP contribution in [0.5, 0.6) is 0 Å². The Morgan fingerprint density at radius 2 is 1.57 bits per heavy atom. The van der Waals surface area contributed by atoms with Crippen LogP contribution in [0.3, 0.4) is 0 Å². The summed E-state index contributed by atoms with van der Waals surface area (Å²) in [6.45, 7) is 3.47. The number of halogens is 4. The second-order valence-electron chi connectivity index (χ2n) is 4.82. The third-order valence-electron chi connectivity index (χ3n) is 3.03. The maximum atomic E-state index is 13.5. The number of aromatic nitrogens is 1. The quantitative estimate of drug-likeness (QED) is 0.852. The Morgan fingerprint density at radius 1 is 1.00 bits per heavy atom. The molecule has 6 heteroatoms. The Kier molecular flexibility index (Phi) is 4.00. The number of pyridine rings is 1. The van der Waals surface area contributed by atoms with Crippen LogP contribution in [0, 0.1) is 19.7 Å². The Morgan fingerprint density at radius 3 is 2.05 bits per heavy atom. The molecule has 0 aliphatic carbocycles. The summed E-state index contributed by atoms with van der Waals surface area (Å²) in [7, 11) is 0. The Hall–Kier alpha value is -1.95. The van der Waals surface area contributed by atoms with Crippen LogP contribution >= 0.6 is 0 Å². The lowest BCUT2D eigenvalue weighted by atomic mass is 9.99. The van der Waals surface area contributed by atoms with E-state index >= 15 is 0 Å². The summed E-state index contributed by atoms with van der Waals surface area (Å²) in [6, 6.07) is 5.62. The summed E-state index contributed by atoms with van der Waals surface area (Å²) in [5, 5.41) is 10.2. The third kappa shape index (κ3) is 3.39. The van der Waals surface area contributed by atoms with Crippen molar-refractivity contribution >= 4 is 0 Å². The van der Waals surface area contributed by atoms with E-state index in [-0.39, 0.29) is 5.56 Å². The highest BCUT2D eigenvalue weighted by Crippen LogP contribution is 2.33. The number of hydrogen-bond acceptors (Lipinski definition) is 2. The van der Waals surface area contributed by atoms with Gasteiger partial charge in [0.2, 0.25) is 0 Å². The van der Waals surface area contributed by atoms with Gasteiger partial charge in [-0.3, -0.25) is 4.98 Å². The lowest BCUT2D eigenvalue weighted by molar-refractivity contribution is -0.140. The second kappa shape index (κ2) is 5.44. The number of nitrogens with zero attached hydrogens (tertiary/aromatic N) is 1. The normalized spacial score (nSPS) is 13.3. The zero-order valence-corrected chi connectivity index (χ0v) is 11.4. The van der Waals surface area contributed by atoms with E-state index < -0.39 is 23.7 Å². The fourth-order valence-electron chi connectivity index (χ4n) is 2.15. The van der Waals surface area contributed by atoms with Crippen LogP contribution in [0.2, 0.25) is 0 Å². The molecule has 2 rings (SSSR count). The van der Waals surface area contributed by atoms with E-state index in [2.05, 4.69) is 4.98 Å². The third-order valence-corrected chi connectivity index (χ3v) is 3.03. The average Bonchev–Trinajstić information content (AvgIpc) is 2.35. The number of aryl methyl sites for hydroxylation is 2. The zero-order valence-electron chi connectivity index (χ0n) is 11.4. The van der Waals surface area contributed by atoms with E-state index in [1.54, 1.807) is 26.0 Å². The summed E-state index contributed by atoms with van der Waals surface area (Å²) in [4.78, 5) is 4.14. The molecule has 1 N–H and O–H groups in total. The summed E-state index contributed by atoms with van der Waals surface area (Å²) in [6.07, 6.45) is -5.96. The van der Waals surface area contributed by atoms with Gasteiger partial charge in [-0.25, -0.2) is 4.39 Å². The molecule has 0 saturated heterocycles. The highest BCUT2D eigenvalue weighted by atomic mass is 19.4. The van der Waals surface area contributed by atoms with Gasteiger partial charge in [0.1, 0.15) is 11.9 Å². The average molecular weight is 299 g/mol. The minimum Gasteiger partial charge on any atom is -0.384 e. The molecule has 112 valence electrons. The molecule has 1 aromatic heterocycles. The number of rotatable bonds is 2. The van der Waals surface area contributed by atoms with E-state index in [1.165, 1.54) is 0 Å². The molecular weight excluding hydrogens is 286 g/mol. The fourth-order valence-corrected chi connectivity index (χ4v) is 2.15. The molecule has 1 unspecified atom stereocenters. The van der Waals surface area contributed by atoms with E-state index in [4.69, 9.17) is 0 Å². The topological polar surface area (TPSA) is 33.1 Å². The highest BCUT2D eigenvalue weighted by molar-refractivity contribution is 5.34. The molecule has 0 fully saturated rings. The van der Waals surface area contributed by atoms with Gasteiger partial charge in [-0.1, -0.05) is 6.07 Å². The summed E-state index contributed by atoms with van der Waals surface area (Å²) in [5.41, 5.74) is 0.498. The van der Waals surface area contributed by atoms with Crippen molar-refractivity contribution in [2.24, 2.45) is 0 Å². The van der Waals surface area contributed by atoms with Crippen molar-refractivity contribution < 1.29 is 22.7 Å². The molecule has 1 aromatic carbocycles. The Labute approximate surface area is 119 Å². The smallest absolute Gasteiger partial charge is 0.384 e. The first-order chi connectivity index (χ1) is 9.68. The SMILES string of the molecule is Cc1cc(C(O)c2ccc(C(F)(F)F)c(F)c2)cc(C)n1. The number of alkyl halides is 3.